The van der Waals surface area contributed by atoms with Gasteiger partial charge in [-0.1, -0.05) is 0 Å². The van der Waals surface area contributed by atoms with Crippen LogP contribution < -0.4 is 11.1 Å². The molecule has 1 fully saturated rings. The molecule has 1 saturated carbocycles. The number of aromatic nitrogens is 2. The third-order valence-corrected chi connectivity index (χ3v) is 2.80. The van der Waals surface area contributed by atoms with Gasteiger partial charge < -0.3 is 16.2 Å². The number of anilines is 1. The van der Waals surface area contributed by atoms with E-state index in [0.717, 1.165) is 19.3 Å². The highest BCUT2D eigenvalue weighted by Crippen LogP contribution is 2.30. The van der Waals surface area contributed by atoms with E-state index in [9.17, 15) is 9.90 Å². The SMILES string of the molecule is Nc1nccnc1C(=O)NCC1(O)CCC1. The van der Waals surface area contributed by atoms with E-state index in [2.05, 4.69) is 15.3 Å². The van der Waals surface area contributed by atoms with E-state index in [0.29, 0.717) is 0 Å². The molecular weight excluding hydrogens is 208 g/mol. The first-order chi connectivity index (χ1) is 7.61. The molecule has 1 amide bonds. The molecule has 1 heterocycles. The lowest BCUT2D eigenvalue weighted by molar-refractivity contribution is -0.0300. The molecule has 2 rings (SSSR count). The van der Waals surface area contributed by atoms with Crippen LogP contribution in [0.1, 0.15) is 29.8 Å². The van der Waals surface area contributed by atoms with Crippen molar-refractivity contribution in [3.05, 3.63) is 18.1 Å². The average molecular weight is 222 g/mol. The number of hydrogen-bond donors (Lipinski definition) is 3. The number of hydrogen-bond acceptors (Lipinski definition) is 5. The number of aliphatic hydroxyl groups is 1. The minimum atomic E-state index is -0.743. The summed E-state index contributed by atoms with van der Waals surface area (Å²) in [6.45, 7) is 0.238. The lowest BCUT2D eigenvalue weighted by Crippen LogP contribution is -2.48. The summed E-state index contributed by atoms with van der Waals surface area (Å²) in [5, 5.41) is 12.4. The summed E-state index contributed by atoms with van der Waals surface area (Å²) >= 11 is 0. The zero-order valence-corrected chi connectivity index (χ0v) is 8.81. The lowest BCUT2D eigenvalue weighted by atomic mass is 9.80. The maximum Gasteiger partial charge on any atom is 0.273 e. The molecule has 0 unspecified atom stereocenters. The summed E-state index contributed by atoms with van der Waals surface area (Å²) in [6, 6.07) is 0. The Hall–Kier alpha value is -1.69. The molecular formula is C10H14N4O2. The average Bonchev–Trinajstić information content (AvgIpc) is 2.24. The maximum atomic E-state index is 11.6. The smallest absolute Gasteiger partial charge is 0.273 e. The number of carbonyl (C=O) groups excluding carboxylic acids is 1. The van der Waals surface area contributed by atoms with Crippen LogP contribution in [-0.4, -0.2) is 33.1 Å². The van der Waals surface area contributed by atoms with E-state index in [4.69, 9.17) is 5.73 Å². The molecule has 1 aliphatic carbocycles. The van der Waals surface area contributed by atoms with Gasteiger partial charge in [-0.25, -0.2) is 9.97 Å². The Balaban J connectivity index is 1.96. The van der Waals surface area contributed by atoms with Crippen molar-refractivity contribution in [1.82, 2.24) is 15.3 Å². The fraction of sp³-hybridized carbons (Fsp3) is 0.500. The Morgan fingerprint density at radius 3 is 2.75 bits per heavy atom. The maximum absolute atomic E-state index is 11.6. The third kappa shape index (κ3) is 2.11. The van der Waals surface area contributed by atoms with Crippen molar-refractivity contribution >= 4 is 11.7 Å². The first kappa shape index (κ1) is 10.8. The largest absolute Gasteiger partial charge is 0.388 e. The van der Waals surface area contributed by atoms with Crippen LogP contribution in [0.4, 0.5) is 5.82 Å². The molecule has 0 radical (unpaired) electrons. The highest BCUT2D eigenvalue weighted by Gasteiger charge is 2.34. The fourth-order valence-corrected chi connectivity index (χ4v) is 1.61. The minimum absolute atomic E-state index is 0.0978. The molecule has 4 N–H and O–H groups in total. The number of nitrogens with two attached hydrogens (primary N) is 1. The van der Waals surface area contributed by atoms with E-state index in [1.165, 1.54) is 12.4 Å². The summed E-state index contributed by atoms with van der Waals surface area (Å²) in [6.07, 6.45) is 5.28. The van der Waals surface area contributed by atoms with Gasteiger partial charge in [-0.05, 0) is 19.3 Å². The van der Waals surface area contributed by atoms with Gasteiger partial charge in [0.05, 0.1) is 5.60 Å². The number of carbonyl (C=O) groups is 1. The van der Waals surface area contributed by atoms with Gasteiger partial charge in [-0.2, -0.15) is 0 Å². The highest BCUT2D eigenvalue weighted by atomic mass is 16.3. The highest BCUT2D eigenvalue weighted by molar-refractivity contribution is 5.96. The second-order valence-corrected chi connectivity index (χ2v) is 4.05. The van der Waals surface area contributed by atoms with Gasteiger partial charge in [0.2, 0.25) is 0 Å². The molecule has 0 saturated heterocycles. The summed E-state index contributed by atoms with van der Waals surface area (Å²) in [5.74, 6) is -0.300. The van der Waals surface area contributed by atoms with Crippen LogP contribution in [0.15, 0.2) is 12.4 Å². The van der Waals surface area contributed by atoms with Crippen molar-refractivity contribution < 1.29 is 9.90 Å². The third-order valence-electron chi connectivity index (χ3n) is 2.80. The monoisotopic (exact) mass is 222 g/mol. The van der Waals surface area contributed by atoms with Crippen molar-refractivity contribution in [3.8, 4) is 0 Å². The van der Waals surface area contributed by atoms with Crippen molar-refractivity contribution in [2.45, 2.75) is 24.9 Å². The summed E-state index contributed by atoms with van der Waals surface area (Å²) in [4.78, 5) is 19.3. The van der Waals surface area contributed by atoms with Gasteiger partial charge in [0.15, 0.2) is 11.5 Å². The molecule has 0 bridgehead atoms. The predicted octanol–water partition coefficient (Wildman–Crippen LogP) is -0.296. The quantitative estimate of drug-likeness (QED) is 0.652. The van der Waals surface area contributed by atoms with Crippen LogP contribution >= 0.6 is 0 Å². The molecule has 1 aromatic rings. The van der Waals surface area contributed by atoms with Crippen LogP contribution in [0, 0.1) is 0 Å². The lowest BCUT2D eigenvalue weighted by Gasteiger charge is -2.36. The van der Waals surface area contributed by atoms with Crippen LogP contribution in [0.25, 0.3) is 0 Å². The Kier molecular flexibility index (Phi) is 2.74. The molecule has 0 aliphatic heterocycles. The number of nitrogen functional groups attached to an aromatic ring is 1. The normalized spacial score (nSPS) is 17.6. The van der Waals surface area contributed by atoms with Gasteiger partial charge in [0, 0.05) is 18.9 Å². The standard InChI is InChI=1S/C10H14N4O2/c11-8-7(12-4-5-13-8)9(15)14-6-10(16)2-1-3-10/h4-5,16H,1-3,6H2,(H2,11,13)(H,14,15). The molecule has 1 aromatic heterocycles. The van der Waals surface area contributed by atoms with E-state index >= 15 is 0 Å². The van der Waals surface area contributed by atoms with Gasteiger partial charge in [0.1, 0.15) is 0 Å². The molecule has 0 atom stereocenters. The summed E-state index contributed by atoms with van der Waals surface area (Å²) < 4.78 is 0. The van der Waals surface area contributed by atoms with Crippen LogP contribution in [0.2, 0.25) is 0 Å². The first-order valence-corrected chi connectivity index (χ1v) is 5.18. The first-order valence-electron chi connectivity index (χ1n) is 5.18. The molecule has 6 heteroatoms. The summed E-state index contributed by atoms with van der Waals surface area (Å²) in [7, 11) is 0. The van der Waals surface area contributed by atoms with Crippen molar-refractivity contribution in [1.29, 1.82) is 0 Å². The fourth-order valence-electron chi connectivity index (χ4n) is 1.61. The van der Waals surface area contributed by atoms with Gasteiger partial charge in [-0.15, -0.1) is 0 Å². The zero-order valence-electron chi connectivity index (χ0n) is 8.81. The zero-order chi connectivity index (χ0) is 11.6. The Bertz CT molecular complexity index is 404. The molecule has 0 spiro atoms. The van der Waals surface area contributed by atoms with Crippen LogP contribution in [0.5, 0.6) is 0 Å². The van der Waals surface area contributed by atoms with E-state index in [1.807, 2.05) is 0 Å². The van der Waals surface area contributed by atoms with Crippen LogP contribution in [-0.2, 0) is 0 Å². The van der Waals surface area contributed by atoms with Crippen molar-refractivity contribution in [2.24, 2.45) is 0 Å². The number of rotatable bonds is 3. The topological polar surface area (TPSA) is 101 Å². The summed E-state index contributed by atoms with van der Waals surface area (Å²) in [5.41, 5.74) is 4.87. The number of nitrogens with one attached hydrogen (secondary N) is 1. The second-order valence-electron chi connectivity index (χ2n) is 4.05. The number of nitrogens with zero attached hydrogens (tertiary/aromatic N) is 2. The van der Waals surface area contributed by atoms with Gasteiger partial charge in [-0.3, -0.25) is 4.79 Å². The Labute approximate surface area is 92.9 Å². The van der Waals surface area contributed by atoms with E-state index in [1.54, 1.807) is 0 Å². The Morgan fingerprint density at radius 2 is 2.19 bits per heavy atom. The molecule has 0 aromatic carbocycles. The predicted molar refractivity (Wildman–Crippen MR) is 57.6 cm³/mol. The van der Waals surface area contributed by atoms with Crippen molar-refractivity contribution in [3.63, 3.8) is 0 Å². The van der Waals surface area contributed by atoms with E-state index < -0.39 is 11.5 Å². The minimum Gasteiger partial charge on any atom is -0.388 e. The van der Waals surface area contributed by atoms with Gasteiger partial charge >= 0.3 is 0 Å². The van der Waals surface area contributed by atoms with Gasteiger partial charge in [0.25, 0.3) is 5.91 Å². The molecule has 6 nitrogen and oxygen atoms in total. The molecule has 1 aliphatic rings. The Morgan fingerprint density at radius 1 is 1.50 bits per heavy atom. The second kappa shape index (κ2) is 4.05. The van der Waals surface area contributed by atoms with E-state index in [-0.39, 0.29) is 18.1 Å². The number of amides is 1. The molecule has 86 valence electrons. The molecule has 16 heavy (non-hydrogen) atoms. The van der Waals surface area contributed by atoms with Crippen molar-refractivity contribution in [2.75, 3.05) is 12.3 Å². The van der Waals surface area contributed by atoms with Crippen LogP contribution in [0.3, 0.4) is 0 Å².